The van der Waals surface area contributed by atoms with E-state index in [0.29, 0.717) is 19.2 Å². The van der Waals surface area contributed by atoms with Gasteiger partial charge in [-0.15, -0.1) is 22.7 Å². The molecule has 0 saturated carbocycles. The van der Waals surface area contributed by atoms with Gasteiger partial charge >= 0.3 is 0 Å². The summed E-state index contributed by atoms with van der Waals surface area (Å²) in [6.07, 6.45) is 1.92. The fourth-order valence-electron chi connectivity index (χ4n) is 3.69. The Bertz CT molecular complexity index is 786. The molecule has 5 nitrogen and oxygen atoms in total. The number of hydrogen-bond acceptors (Lipinski definition) is 7. The zero-order valence-corrected chi connectivity index (χ0v) is 18.4. The Kier molecular flexibility index (Phi) is 6.85. The average Bonchev–Trinajstić information content (AvgIpc) is 3.51. The van der Waals surface area contributed by atoms with Crippen molar-refractivity contribution in [2.24, 2.45) is 5.10 Å². The van der Waals surface area contributed by atoms with Crippen LogP contribution in [0.4, 0.5) is 0 Å². The van der Waals surface area contributed by atoms with E-state index in [1.54, 1.807) is 34.8 Å². The first-order valence-electron chi connectivity index (χ1n) is 9.54. The van der Waals surface area contributed by atoms with Gasteiger partial charge in [-0.1, -0.05) is 12.1 Å². The number of hydrogen-bond donors (Lipinski definition) is 0. The van der Waals surface area contributed by atoms with E-state index in [0.717, 1.165) is 35.7 Å². The number of thioether (sulfide) groups is 1. The molecule has 1 amide bonds. The lowest BCUT2D eigenvalue weighted by atomic mass is 10.1. The molecule has 2 aromatic rings. The highest BCUT2D eigenvalue weighted by atomic mass is 32.2. The number of methoxy groups -OCH3 is 1. The molecular formula is C20H25N3O2S3. The molecule has 0 aliphatic carbocycles. The summed E-state index contributed by atoms with van der Waals surface area (Å²) in [5.41, 5.74) is 1.02. The molecule has 150 valence electrons. The molecule has 2 atom stereocenters. The summed E-state index contributed by atoms with van der Waals surface area (Å²) in [6.45, 7) is 1.83. The lowest BCUT2D eigenvalue weighted by Crippen LogP contribution is -2.44. The molecule has 0 spiro atoms. The van der Waals surface area contributed by atoms with Crippen molar-refractivity contribution in [3.63, 3.8) is 0 Å². The van der Waals surface area contributed by atoms with E-state index in [-0.39, 0.29) is 11.9 Å². The summed E-state index contributed by atoms with van der Waals surface area (Å²) in [6, 6.07) is 8.74. The van der Waals surface area contributed by atoms with Crippen LogP contribution in [0.25, 0.3) is 0 Å². The summed E-state index contributed by atoms with van der Waals surface area (Å²) in [4.78, 5) is 18.0. The highest BCUT2D eigenvalue weighted by molar-refractivity contribution is 7.99. The summed E-state index contributed by atoms with van der Waals surface area (Å²) >= 11 is 5.35. The zero-order valence-electron chi connectivity index (χ0n) is 16.0. The highest BCUT2D eigenvalue weighted by Crippen LogP contribution is 2.36. The minimum absolute atomic E-state index is 0.00632. The van der Waals surface area contributed by atoms with Crippen LogP contribution in [0.3, 0.4) is 0 Å². The van der Waals surface area contributed by atoms with Gasteiger partial charge in [-0.2, -0.15) is 16.9 Å². The summed E-state index contributed by atoms with van der Waals surface area (Å²) < 4.78 is 5.29. The Morgan fingerprint density at radius 2 is 2.18 bits per heavy atom. The molecular weight excluding hydrogens is 410 g/mol. The van der Waals surface area contributed by atoms with E-state index in [9.17, 15) is 4.79 Å². The third kappa shape index (κ3) is 4.52. The highest BCUT2D eigenvalue weighted by Gasteiger charge is 2.35. The van der Waals surface area contributed by atoms with E-state index < -0.39 is 0 Å². The van der Waals surface area contributed by atoms with Gasteiger partial charge in [0.05, 0.1) is 29.8 Å². The maximum absolute atomic E-state index is 13.3. The van der Waals surface area contributed by atoms with Crippen molar-refractivity contribution in [3.05, 3.63) is 44.8 Å². The number of thiophene rings is 2. The third-order valence-corrected chi connectivity index (χ3v) is 8.22. The van der Waals surface area contributed by atoms with Crippen LogP contribution in [0.15, 0.2) is 40.1 Å². The van der Waals surface area contributed by atoms with Crippen molar-refractivity contribution in [1.29, 1.82) is 0 Å². The predicted octanol–water partition coefficient (Wildman–Crippen LogP) is 3.94. The standard InChI is InChI=1S/C20H25N3O2S3/c1-25-8-7-22(15-6-11-26-14-15)13-20(24)23-17(19-5-3-10-28-19)12-16(21-23)18-4-2-9-27-18/h2-5,9-10,15,17H,6-8,11-14H2,1H3. The van der Waals surface area contributed by atoms with Crippen LogP contribution in [-0.2, 0) is 9.53 Å². The summed E-state index contributed by atoms with van der Waals surface area (Å²) in [5, 5.41) is 10.7. The van der Waals surface area contributed by atoms with Gasteiger partial charge < -0.3 is 4.74 Å². The minimum Gasteiger partial charge on any atom is -0.383 e. The number of carbonyl (C=O) groups excluding carboxylic acids is 1. The van der Waals surface area contributed by atoms with E-state index in [2.05, 4.69) is 27.8 Å². The van der Waals surface area contributed by atoms with Gasteiger partial charge in [0.25, 0.3) is 5.91 Å². The topological polar surface area (TPSA) is 45.1 Å². The van der Waals surface area contributed by atoms with Crippen LogP contribution in [0.2, 0.25) is 0 Å². The summed E-state index contributed by atoms with van der Waals surface area (Å²) in [5.74, 6) is 2.34. The molecule has 2 aliphatic heterocycles. The molecule has 0 aromatic carbocycles. The van der Waals surface area contributed by atoms with E-state index in [1.807, 2.05) is 23.9 Å². The molecule has 0 bridgehead atoms. The Balaban J connectivity index is 1.53. The first-order chi connectivity index (χ1) is 13.8. The molecule has 0 N–H and O–H groups in total. The van der Waals surface area contributed by atoms with Crippen LogP contribution < -0.4 is 0 Å². The van der Waals surface area contributed by atoms with Gasteiger partial charge in [0.2, 0.25) is 0 Å². The van der Waals surface area contributed by atoms with Gasteiger partial charge in [0, 0.05) is 36.7 Å². The maximum Gasteiger partial charge on any atom is 0.257 e. The van der Waals surface area contributed by atoms with Crippen molar-refractivity contribution in [2.75, 3.05) is 38.3 Å². The molecule has 28 heavy (non-hydrogen) atoms. The van der Waals surface area contributed by atoms with Crippen molar-refractivity contribution < 1.29 is 9.53 Å². The molecule has 4 heterocycles. The van der Waals surface area contributed by atoms with Gasteiger partial charge in [-0.05, 0) is 35.1 Å². The lowest BCUT2D eigenvalue weighted by molar-refractivity contribution is -0.134. The minimum atomic E-state index is 0.00632. The van der Waals surface area contributed by atoms with Crippen molar-refractivity contribution in [3.8, 4) is 0 Å². The molecule has 8 heteroatoms. The Morgan fingerprint density at radius 1 is 1.32 bits per heavy atom. The van der Waals surface area contributed by atoms with E-state index in [1.165, 1.54) is 10.6 Å². The largest absolute Gasteiger partial charge is 0.383 e. The SMILES string of the molecule is COCCN(CC(=O)N1N=C(c2cccs2)CC1c1cccs1)C1CCSC1. The monoisotopic (exact) mass is 435 g/mol. The van der Waals surface area contributed by atoms with Crippen LogP contribution >= 0.6 is 34.4 Å². The number of hydrazone groups is 1. The molecule has 1 fully saturated rings. The Labute approximate surface area is 178 Å². The Hall–Kier alpha value is -1.19. The number of carbonyl (C=O) groups is 1. The normalized spacial score (nSPS) is 22.2. The van der Waals surface area contributed by atoms with Crippen LogP contribution in [-0.4, -0.2) is 65.9 Å². The molecule has 4 rings (SSSR count). The summed E-state index contributed by atoms with van der Waals surface area (Å²) in [7, 11) is 1.72. The van der Waals surface area contributed by atoms with Crippen LogP contribution in [0, 0.1) is 0 Å². The number of rotatable bonds is 8. The molecule has 2 unspecified atom stereocenters. The van der Waals surface area contributed by atoms with Crippen LogP contribution in [0.5, 0.6) is 0 Å². The third-order valence-electron chi connectivity index (χ3n) is 5.19. The van der Waals surface area contributed by atoms with Crippen molar-refractivity contribution in [1.82, 2.24) is 9.91 Å². The quantitative estimate of drug-likeness (QED) is 0.630. The van der Waals surface area contributed by atoms with Gasteiger partial charge in [0.1, 0.15) is 0 Å². The molecule has 0 radical (unpaired) electrons. The van der Waals surface area contributed by atoms with Gasteiger partial charge in [0.15, 0.2) is 0 Å². The second-order valence-electron chi connectivity index (χ2n) is 6.98. The second kappa shape index (κ2) is 9.54. The van der Waals surface area contributed by atoms with Crippen molar-refractivity contribution >= 4 is 46.1 Å². The maximum atomic E-state index is 13.3. The second-order valence-corrected chi connectivity index (χ2v) is 10.1. The van der Waals surface area contributed by atoms with Crippen molar-refractivity contribution in [2.45, 2.75) is 24.9 Å². The predicted molar refractivity (Wildman–Crippen MR) is 119 cm³/mol. The molecule has 2 aliphatic rings. The first-order valence-corrected chi connectivity index (χ1v) is 12.4. The zero-order chi connectivity index (χ0) is 19.3. The van der Waals surface area contributed by atoms with E-state index in [4.69, 9.17) is 9.84 Å². The number of nitrogens with zero attached hydrogens (tertiary/aromatic N) is 3. The first kappa shape index (κ1) is 20.1. The fourth-order valence-corrected chi connectivity index (χ4v) is 6.48. The Morgan fingerprint density at radius 3 is 2.86 bits per heavy atom. The van der Waals surface area contributed by atoms with E-state index >= 15 is 0 Å². The number of amides is 1. The smallest absolute Gasteiger partial charge is 0.257 e. The molecule has 2 aromatic heterocycles. The van der Waals surface area contributed by atoms with Gasteiger partial charge in [-0.3, -0.25) is 9.69 Å². The molecule has 1 saturated heterocycles. The lowest BCUT2D eigenvalue weighted by Gasteiger charge is -2.30. The number of ether oxygens (including phenoxy) is 1. The van der Waals surface area contributed by atoms with Crippen LogP contribution in [0.1, 0.15) is 28.6 Å². The average molecular weight is 436 g/mol. The fraction of sp³-hybridized carbons (Fsp3) is 0.500. The van der Waals surface area contributed by atoms with Gasteiger partial charge in [-0.25, -0.2) is 5.01 Å².